The van der Waals surface area contributed by atoms with Crippen molar-refractivity contribution in [1.29, 1.82) is 0 Å². The number of fused-ring (bicyclic) bond motifs is 1. The van der Waals surface area contributed by atoms with Crippen molar-refractivity contribution in [3.63, 3.8) is 0 Å². The van der Waals surface area contributed by atoms with Crippen molar-refractivity contribution in [3.8, 4) is 0 Å². The lowest BCUT2D eigenvalue weighted by Gasteiger charge is -2.35. The smallest absolute Gasteiger partial charge is 0.0130 e. The Hall–Kier alpha value is -0.0400. The van der Waals surface area contributed by atoms with Crippen LogP contribution in [0.25, 0.3) is 0 Å². The highest BCUT2D eigenvalue weighted by molar-refractivity contribution is 4.99. The minimum absolute atomic E-state index is 0.746. The Morgan fingerprint density at radius 3 is 2.36 bits per heavy atom. The average molecular weight is 195 g/mol. The first-order chi connectivity index (χ1) is 6.61. The van der Waals surface area contributed by atoms with Gasteiger partial charge in [-0.05, 0) is 44.9 Å². The molecule has 0 amide bonds. The van der Waals surface area contributed by atoms with Crippen LogP contribution in [0, 0.1) is 11.8 Å². The van der Waals surface area contributed by atoms with Gasteiger partial charge in [-0.15, -0.1) is 0 Å². The number of nitrogens with zero attached hydrogens (tertiary/aromatic N) is 1. The fraction of sp³-hybridized carbons (Fsp3) is 1.00. The third-order valence-electron chi connectivity index (χ3n) is 4.29. The van der Waals surface area contributed by atoms with E-state index < -0.39 is 0 Å². The molecule has 0 aromatic rings. The summed E-state index contributed by atoms with van der Waals surface area (Å²) in [6.45, 7) is 9.52. The van der Waals surface area contributed by atoms with Crippen LogP contribution in [0.4, 0.5) is 0 Å². The standard InChI is InChI=1S/C13H25N/c1-9(2)13-8-11-6-5-7-12(11)14(13)10(3)4/h9-13H,5-8H2,1-4H3/t11?,12-,13-/m0/s1. The predicted molar refractivity (Wildman–Crippen MR) is 61.3 cm³/mol. The highest BCUT2D eigenvalue weighted by Crippen LogP contribution is 2.44. The number of hydrogen-bond acceptors (Lipinski definition) is 1. The van der Waals surface area contributed by atoms with Gasteiger partial charge in [0.05, 0.1) is 0 Å². The normalized spacial score (nSPS) is 38.6. The molecule has 0 spiro atoms. The molecule has 0 N–H and O–H groups in total. The van der Waals surface area contributed by atoms with Crippen molar-refractivity contribution < 1.29 is 0 Å². The molecule has 0 aromatic heterocycles. The van der Waals surface area contributed by atoms with Crippen LogP contribution in [0.2, 0.25) is 0 Å². The van der Waals surface area contributed by atoms with Gasteiger partial charge in [-0.2, -0.15) is 0 Å². The second-order valence-electron chi connectivity index (χ2n) is 5.85. The number of hydrogen-bond donors (Lipinski definition) is 0. The zero-order chi connectivity index (χ0) is 10.3. The first-order valence-corrected chi connectivity index (χ1v) is 6.38. The van der Waals surface area contributed by atoms with Crippen LogP contribution in [0.1, 0.15) is 53.4 Å². The van der Waals surface area contributed by atoms with Gasteiger partial charge in [-0.3, -0.25) is 4.90 Å². The molecule has 1 saturated carbocycles. The minimum atomic E-state index is 0.746. The predicted octanol–water partition coefficient (Wildman–Crippen LogP) is 3.29. The Kier molecular flexibility index (Phi) is 2.88. The van der Waals surface area contributed by atoms with Gasteiger partial charge in [0.1, 0.15) is 0 Å². The molecule has 2 aliphatic rings. The highest BCUT2D eigenvalue weighted by atomic mass is 15.2. The molecule has 2 rings (SSSR count). The summed E-state index contributed by atoms with van der Waals surface area (Å²) < 4.78 is 0. The van der Waals surface area contributed by atoms with E-state index in [1.807, 2.05) is 0 Å². The first-order valence-electron chi connectivity index (χ1n) is 6.38. The Bertz CT molecular complexity index is 197. The summed E-state index contributed by atoms with van der Waals surface area (Å²) in [5.41, 5.74) is 0. The third-order valence-corrected chi connectivity index (χ3v) is 4.29. The molecule has 0 bridgehead atoms. The molecule has 1 aliphatic heterocycles. The minimum Gasteiger partial charge on any atom is -0.295 e. The van der Waals surface area contributed by atoms with Crippen molar-refractivity contribution >= 4 is 0 Å². The van der Waals surface area contributed by atoms with Crippen molar-refractivity contribution in [2.24, 2.45) is 11.8 Å². The average Bonchev–Trinajstić information content (AvgIpc) is 2.58. The Morgan fingerprint density at radius 1 is 1.07 bits per heavy atom. The van der Waals surface area contributed by atoms with Gasteiger partial charge in [-0.1, -0.05) is 20.3 Å². The SMILES string of the molecule is CC(C)[C@@H]1CC2CCC[C@@H]2N1C(C)C. The Balaban J connectivity index is 2.13. The maximum Gasteiger partial charge on any atom is 0.0130 e. The van der Waals surface area contributed by atoms with E-state index in [9.17, 15) is 0 Å². The van der Waals surface area contributed by atoms with Crippen molar-refractivity contribution in [2.75, 3.05) is 0 Å². The van der Waals surface area contributed by atoms with E-state index >= 15 is 0 Å². The molecule has 1 unspecified atom stereocenters. The monoisotopic (exact) mass is 195 g/mol. The van der Waals surface area contributed by atoms with Crippen LogP contribution in [0.3, 0.4) is 0 Å². The third kappa shape index (κ3) is 1.60. The van der Waals surface area contributed by atoms with Gasteiger partial charge >= 0.3 is 0 Å². The van der Waals surface area contributed by atoms with Gasteiger partial charge in [-0.25, -0.2) is 0 Å². The largest absolute Gasteiger partial charge is 0.295 e. The molecule has 82 valence electrons. The molecule has 1 aliphatic carbocycles. The lowest BCUT2D eigenvalue weighted by Crippen LogP contribution is -2.43. The van der Waals surface area contributed by atoms with Gasteiger partial charge in [0.15, 0.2) is 0 Å². The highest BCUT2D eigenvalue weighted by Gasteiger charge is 2.45. The van der Waals surface area contributed by atoms with Crippen LogP contribution in [-0.2, 0) is 0 Å². The van der Waals surface area contributed by atoms with Gasteiger partial charge in [0.2, 0.25) is 0 Å². The summed E-state index contributed by atoms with van der Waals surface area (Å²) in [6, 6.07) is 2.54. The van der Waals surface area contributed by atoms with Crippen LogP contribution in [-0.4, -0.2) is 23.0 Å². The van der Waals surface area contributed by atoms with E-state index in [1.165, 1.54) is 25.7 Å². The second-order valence-corrected chi connectivity index (χ2v) is 5.85. The Morgan fingerprint density at radius 2 is 1.79 bits per heavy atom. The molecular formula is C13H25N. The Labute approximate surface area is 88.9 Å². The van der Waals surface area contributed by atoms with Gasteiger partial charge in [0, 0.05) is 18.1 Å². The molecule has 1 nitrogen and oxygen atoms in total. The van der Waals surface area contributed by atoms with Crippen molar-refractivity contribution in [1.82, 2.24) is 4.90 Å². The summed E-state index contributed by atoms with van der Waals surface area (Å²) >= 11 is 0. The summed E-state index contributed by atoms with van der Waals surface area (Å²) in [7, 11) is 0. The van der Waals surface area contributed by atoms with Crippen LogP contribution >= 0.6 is 0 Å². The maximum absolute atomic E-state index is 2.82. The topological polar surface area (TPSA) is 3.24 Å². The first kappa shape index (κ1) is 10.5. The van der Waals surface area contributed by atoms with Crippen LogP contribution < -0.4 is 0 Å². The zero-order valence-corrected chi connectivity index (χ0v) is 10.2. The zero-order valence-electron chi connectivity index (χ0n) is 10.2. The molecule has 1 heterocycles. The summed E-state index contributed by atoms with van der Waals surface area (Å²) in [5, 5.41) is 0. The number of rotatable bonds is 2. The molecule has 1 heteroatoms. The number of likely N-dealkylation sites (tertiary alicyclic amines) is 1. The maximum atomic E-state index is 2.82. The molecular weight excluding hydrogens is 170 g/mol. The fourth-order valence-corrected chi connectivity index (χ4v) is 3.74. The second kappa shape index (κ2) is 3.84. The molecule has 0 radical (unpaired) electrons. The molecule has 0 aromatic carbocycles. The molecule has 14 heavy (non-hydrogen) atoms. The van der Waals surface area contributed by atoms with Crippen LogP contribution in [0.15, 0.2) is 0 Å². The molecule has 3 atom stereocenters. The lowest BCUT2D eigenvalue weighted by atomic mass is 9.96. The van der Waals surface area contributed by atoms with E-state index in [4.69, 9.17) is 0 Å². The summed E-state index contributed by atoms with van der Waals surface area (Å²) in [4.78, 5) is 2.82. The lowest BCUT2D eigenvalue weighted by molar-refractivity contribution is 0.116. The van der Waals surface area contributed by atoms with Gasteiger partial charge < -0.3 is 0 Å². The quantitative estimate of drug-likeness (QED) is 0.653. The van der Waals surface area contributed by atoms with E-state index in [1.54, 1.807) is 0 Å². The fourth-order valence-electron chi connectivity index (χ4n) is 3.74. The van der Waals surface area contributed by atoms with Gasteiger partial charge in [0.25, 0.3) is 0 Å². The molecule has 2 fully saturated rings. The summed E-state index contributed by atoms with van der Waals surface area (Å²) in [6.07, 6.45) is 5.91. The van der Waals surface area contributed by atoms with E-state index in [-0.39, 0.29) is 0 Å². The van der Waals surface area contributed by atoms with E-state index in [2.05, 4.69) is 32.6 Å². The van der Waals surface area contributed by atoms with E-state index in [0.29, 0.717) is 0 Å². The van der Waals surface area contributed by atoms with E-state index in [0.717, 1.165) is 30.0 Å². The van der Waals surface area contributed by atoms with Crippen molar-refractivity contribution in [3.05, 3.63) is 0 Å². The summed E-state index contributed by atoms with van der Waals surface area (Å²) in [5.74, 6) is 1.87. The van der Waals surface area contributed by atoms with Crippen molar-refractivity contribution in [2.45, 2.75) is 71.5 Å². The molecule has 1 saturated heterocycles. The van der Waals surface area contributed by atoms with Crippen LogP contribution in [0.5, 0.6) is 0 Å².